The third-order valence-electron chi connectivity index (χ3n) is 3.03. The zero-order chi connectivity index (χ0) is 13.7. The number of alkyl halides is 5. The molecule has 0 fully saturated rings. The topological polar surface area (TPSA) is 18.5 Å². The smallest absolute Gasteiger partial charge is 0 e. The van der Waals surface area contributed by atoms with Gasteiger partial charge in [0.05, 0.1) is 0 Å². The average molecular weight is 893 g/mol. The van der Waals surface area contributed by atoms with Crippen molar-refractivity contribution in [3.05, 3.63) is 28.1 Å². The fraction of sp³-hybridized carbons (Fsp3) is 0.636. The molecule has 1 atom stereocenters. The molecule has 2 nitrogen and oxygen atoms in total. The Balaban J connectivity index is -0.000000213. The fourth-order valence-corrected chi connectivity index (χ4v) is 12.6. The van der Waals surface area contributed by atoms with E-state index in [0.717, 1.165) is 13.3 Å². The van der Waals surface area contributed by atoms with Crippen molar-refractivity contribution in [2.75, 3.05) is 18.2 Å². The van der Waals surface area contributed by atoms with Crippen molar-refractivity contribution >= 4 is 67.8 Å². The number of rotatable bonds is 8. The maximum atomic E-state index is 5.67. The van der Waals surface area contributed by atoms with Crippen LogP contribution in [0.3, 0.4) is 0 Å². The zero-order valence-electron chi connectivity index (χ0n) is 11.6. The van der Waals surface area contributed by atoms with Crippen molar-refractivity contribution < 1.29 is 105 Å². The van der Waals surface area contributed by atoms with Crippen LogP contribution in [0.15, 0.2) is 0 Å². The van der Waals surface area contributed by atoms with Crippen molar-refractivity contribution in [1.82, 2.24) is 0 Å². The largest absolute Gasteiger partial charge is 0 e. The van der Waals surface area contributed by atoms with Gasteiger partial charge in [-0.3, -0.25) is 0 Å². The minimum absolute atomic E-state index is 0. The van der Waals surface area contributed by atoms with E-state index in [2.05, 4.69) is 101 Å². The predicted molar refractivity (Wildman–Crippen MR) is 94.1 cm³/mol. The van der Waals surface area contributed by atoms with Gasteiger partial charge in [0.1, 0.15) is 0 Å². The van der Waals surface area contributed by atoms with E-state index in [-0.39, 0.29) is 104 Å². The minimum atomic E-state index is -0.825. The van der Waals surface area contributed by atoms with Gasteiger partial charge in [-0.1, -0.05) is 0 Å². The van der Waals surface area contributed by atoms with Gasteiger partial charge in [-0.05, 0) is 0 Å². The van der Waals surface area contributed by atoms with Gasteiger partial charge in [-0.15, -0.1) is 0 Å². The maximum absolute atomic E-state index is 5.67. The summed E-state index contributed by atoms with van der Waals surface area (Å²) in [5.74, 6) is 0. The summed E-state index contributed by atoms with van der Waals surface area (Å²) in [7, 11) is 7.23. The fourth-order valence-electron chi connectivity index (χ4n) is 1.55. The first-order valence-electron chi connectivity index (χ1n) is 4.62. The number of ether oxygens (including phenoxy) is 2. The van der Waals surface area contributed by atoms with Crippen LogP contribution < -0.4 is 21.2 Å². The number of hydrogen-bond acceptors (Lipinski definition) is 2. The molecule has 0 aliphatic carbocycles. The first-order chi connectivity index (χ1) is 7.86. The predicted octanol–water partition coefficient (Wildman–Crippen LogP) is 0.706. The van der Waals surface area contributed by atoms with Gasteiger partial charge in [-0.25, -0.2) is 0 Å². The summed E-state index contributed by atoms with van der Waals surface area (Å²) in [6.45, 7) is 8.23. The molecule has 0 saturated carbocycles. The molecule has 0 amide bonds. The van der Waals surface area contributed by atoms with Crippen molar-refractivity contribution in [3.8, 4) is 0 Å². The number of halogens is 4. The Morgan fingerprint density at radius 3 is 1.38 bits per heavy atom. The molecular weight excluding hydrogens is 876 g/mol. The molecular formula is C11H17I4O2V4-5. The molecule has 0 saturated heterocycles. The Labute approximate surface area is 229 Å². The van der Waals surface area contributed by atoms with E-state index in [1.165, 1.54) is 0 Å². The van der Waals surface area contributed by atoms with Gasteiger partial charge >= 0.3 is 159 Å². The van der Waals surface area contributed by atoms with Gasteiger partial charge in [0.25, 0.3) is 0 Å². The van der Waals surface area contributed by atoms with Crippen LogP contribution in [0, 0.1) is 33.5 Å². The normalized spacial score (nSPS) is 13.9. The molecule has 0 bridgehead atoms. The van der Waals surface area contributed by atoms with Crippen LogP contribution in [0.5, 0.6) is 0 Å². The van der Waals surface area contributed by atoms with Crippen LogP contribution in [0.25, 0.3) is 0 Å². The summed E-state index contributed by atoms with van der Waals surface area (Å²) in [6.07, 6.45) is 0. The van der Waals surface area contributed by atoms with E-state index in [0.29, 0.717) is 0 Å². The second-order valence-electron chi connectivity index (χ2n) is 3.68. The summed E-state index contributed by atoms with van der Waals surface area (Å²) in [6, 6.07) is 0. The summed E-state index contributed by atoms with van der Waals surface area (Å²) >= 11 is 6.87. The van der Waals surface area contributed by atoms with Gasteiger partial charge < -0.3 is 0 Å². The van der Waals surface area contributed by atoms with E-state index in [1.54, 1.807) is 0 Å². The molecule has 1 unspecified atom stereocenters. The van der Waals surface area contributed by atoms with Crippen LogP contribution in [0.1, 0.15) is 0 Å². The molecule has 0 aliphatic rings. The van der Waals surface area contributed by atoms with Crippen molar-refractivity contribution in [2.45, 2.75) is 9.21 Å². The standard InChI is InChI=1S/C11H17I4O2.4V/c1-9(2,16-4)10(6-12,7-13)11(8-14,15-3)17-5;;;;/h1-2,4-8H2,3H3;;;;/q-5;;;;. The first kappa shape index (κ1) is 37.0. The van der Waals surface area contributed by atoms with Crippen LogP contribution in [-0.2, 0) is 83.7 Å². The molecule has 10 heteroatoms. The second-order valence-corrected chi connectivity index (χ2v) is 8.79. The zero-order valence-corrected chi connectivity index (χ0v) is 25.8. The minimum Gasteiger partial charge on any atom is 0 e. The monoisotopic (exact) mass is 893 g/mol. The molecule has 0 rings (SSSR count). The van der Waals surface area contributed by atoms with Gasteiger partial charge in [0.15, 0.2) is 0 Å². The molecule has 126 valence electrons. The quantitative estimate of drug-likeness (QED) is 0.204. The van der Waals surface area contributed by atoms with E-state index in [1.807, 2.05) is 0 Å². The molecule has 0 heterocycles. The Morgan fingerprint density at radius 1 is 0.857 bits per heavy atom. The van der Waals surface area contributed by atoms with Gasteiger partial charge in [-0.2, -0.15) is 0 Å². The molecule has 0 aromatic rings. The Kier molecular flexibility index (Phi) is 30.5. The van der Waals surface area contributed by atoms with Crippen LogP contribution >= 0.6 is 67.8 Å². The van der Waals surface area contributed by atoms with Gasteiger partial charge in [0.2, 0.25) is 0 Å². The molecule has 0 aromatic heterocycles. The molecule has 4 radical (unpaired) electrons. The molecule has 0 spiro atoms. The SMILES string of the molecule is [CH2-]OC([CH2-])([CH2-])C(CI)(CI)C(CI)(O[CH2-])[I-]C.[V].[V].[V].[V]. The third-order valence-corrected chi connectivity index (χ3v) is 11.6. The van der Waals surface area contributed by atoms with E-state index >= 15 is 0 Å². The molecule has 0 aromatic carbocycles. The Bertz CT molecular complexity index is 232. The van der Waals surface area contributed by atoms with Crippen molar-refractivity contribution in [2.24, 2.45) is 5.41 Å². The van der Waals surface area contributed by atoms with Crippen LogP contribution in [0.2, 0.25) is 0 Å². The maximum Gasteiger partial charge on any atom is 0 e. The molecule has 21 heavy (non-hydrogen) atoms. The number of hydrogen-bond donors (Lipinski definition) is 0. The molecule has 0 aliphatic heterocycles. The first-order valence-corrected chi connectivity index (χ1v) is 12.4. The average Bonchev–Trinajstić information content (AvgIpc) is 2.36. The third kappa shape index (κ3) is 7.98. The van der Waals surface area contributed by atoms with E-state index in [4.69, 9.17) is 9.47 Å². The Hall–Kier alpha value is 5.18. The summed E-state index contributed by atoms with van der Waals surface area (Å²) in [5, 5.41) is 0. The second kappa shape index (κ2) is 17.3. The summed E-state index contributed by atoms with van der Waals surface area (Å²) in [4.78, 5) is 2.20. The summed E-state index contributed by atoms with van der Waals surface area (Å²) in [5.41, 5.74) is -1.11. The summed E-state index contributed by atoms with van der Waals surface area (Å²) < 4.78 is 13.3. The van der Waals surface area contributed by atoms with Crippen LogP contribution in [-0.4, -0.2) is 27.4 Å². The Morgan fingerprint density at radius 2 is 1.24 bits per heavy atom. The van der Waals surface area contributed by atoms with Gasteiger partial charge in [0, 0.05) is 74.2 Å². The van der Waals surface area contributed by atoms with Crippen molar-refractivity contribution in [3.63, 3.8) is 0 Å². The molecule has 0 N–H and O–H groups in total. The van der Waals surface area contributed by atoms with Crippen LogP contribution in [0.4, 0.5) is 0 Å². The van der Waals surface area contributed by atoms with Crippen molar-refractivity contribution in [1.29, 1.82) is 0 Å². The van der Waals surface area contributed by atoms with E-state index < -0.39 is 5.60 Å². The van der Waals surface area contributed by atoms with E-state index in [9.17, 15) is 0 Å².